The van der Waals surface area contributed by atoms with Crippen molar-refractivity contribution in [3.05, 3.63) is 71.9 Å². The van der Waals surface area contributed by atoms with Gasteiger partial charge in [0.2, 0.25) is 0 Å². The molecule has 0 amide bonds. The summed E-state index contributed by atoms with van der Waals surface area (Å²) in [6.45, 7) is -0.00221. The third kappa shape index (κ3) is 3.24. The molecule has 11 heteroatoms. The molecule has 5 rings (SSSR count). The first-order valence-electron chi connectivity index (χ1n) is 10.1. The second-order valence-corrected chi connectivity index (χ2v) is 9.07. The van der Waals surface area contributed by atoms with Gasteiger partial charge in [0.05, 0.1) is 53.2 Å². The molecule has 1 aromatic carbocycles. The lowest BCUT2D eigenvalue weighted by molar-refractivity contribution is -0.0517. The van der Waals surface area contributed by atoms with Crippen LogP contribution in [0.15, 0.2) is 39.2 Å². The number of nitriles is 1. The maximum absolute atomic E-state index is 13.4. The second-order valence-electron chi connectivity index (χ2n) is 7.80. The van der Waals surface area contributed by atoms with Crippen LogP contribution < -0.4 is 11.2 Å². The minimum Gasteiger partial charge on any atom is -0.394 e. The van der Waals surface area contributed by atoms with Crippen LogP contribution in [0.2, 0.25) is 5.15 Å². The summed E-state index contributed by atoms with van der Waals surface area (Å²) < 4.78 is 10.5. The smallest absolute Gasteiger partial charge is 0.331 e. The molecule has 0 aliphatic carbocycles. The normalized spacial score (nSPS) is 17.8. The standard InChI is InChI=1S/C22H18ClN5O4S/c1-26-17-15(21(30)27(2)22(26)31)16(12-5-3-4-11(6-12)7-24)28-8-13(9-29)32-19(18(17)28)20-25-14(23)10-33-20/h3-6,10,13,19,29H,8-9H2,1-2H3. The molecule has 9 nitrogen and oxygen atoms in total. The maximum atomic E-state index is 13.4. The van der Waals surface area contributed by atoms with Crippen molar-refractivity contribution in [2.75, 3.05) is 6.61 Å². The van der Waals surface area contributed by atoms with Gasteiger partial charge < -0.3 is 14.4 Å². The lowest BCUT2D eigenvalue weighted by atomic mass is 10.1. The van der Waals surface area contributed by atoms with Gasteiger partial charge in [0.25, 0.3) is 5.56 Å². The van der Waals surface area contributed by atoms with Crippen LogP contribution >= 0.6 is 22.9 Å². The Hall–Kier alpha value is -3.23. The summed E-state index contributed by atoms with van der Waals surface area (Å²) in [6, 6.07) is 9.06. The molecule has 2 atom stereocenters. The van der Waals surface area contributed by atoms with Gasteiger partial charge in [0, 0.05) is 25.0 Å². The first-order valence-corrected chi connectivity index (χ1v) is 11.3. The predicted molar refractivity (Wildman–Crippen MR) is 123 cm³/mol. The van der Waals surface area contributed by atoms with Crippen LogP contribution in [0.4, 0.5) is 0 Å². The Balaban J connectivity index is 1.97. The number of rotatable bonds is 3. The number of aromatic nitrogens is 4. The van der Waals surface area contributed by atoms with Crippen molar-refractivity contribution in [2.24, 2.45) is 14.1 Å². The molecule has 4 aromatic rings. The number of ether oxygens (including phenoxy) is 1. The van der Waals surface area contributed by atoms with E-state index in [9.17, 15) is 20.0 Å². The molecule has 1 aliphatic rings. The van der Waals surface area contributed by atoms with E-state index >= 15 is 0 Å². The Labute approximate surface area is 196 Å². The Morgan fingerprint density at radius 2 is 2.12 bits per heavy atom. The van der Waals surface area contributed by atoms with Crippen molar-refractivity contribution in [1.82, 2.24) is 18.7 Å². The van der Waals surface area contributed by atoms with Crippen molar-refractivity contribution >= 4 is 33.8 Å². The lowest BCUT2D eigenvalue weighted by Crippen LogP contribution is -2.37. The molecule has 1 N–H and O–H groups in total. The highest BCUT2D eigenvalue weighted by Gasteiger charge is 2.37. The minimum absolute atomic E-state index is 0.250. The fourth-order valence-electron chi connectivity index (χ4n) is 4.40. The molecule has 0 saturated heterocycles. The fourth-order valence-corrected chi connectivity index (χ4v) is 5.39. The van der Waals surface area contributed by atoms with Crippen molar-refractivity contribution in [2.45, 2.75) is 18.8 Å². The van der Waals surface area contributed by atoms with E-state index in [1.165, 1.54) is 23.0 Å². The summed E-state index contributed by atoms with van der Waals surface area (Å²) in [5.74, 6) is 0. The minimum atomic E-state index is -0.749. The topological polar surface area (TPSA) is 115 Å². The summed E-state index contributed by atoms with van der Waals surface area (Å²) in [6.07, 6.45) is -1.33. The van der Waals surface area contributed by atoms with Crippen LogP contribution in [-0.2, 0) is 25.4 Å². The van der Waals surface area contributed by atoms with E-state index in [2.05, 4.69) is 11.1 Å². The zero-order valence-corrected chi connectivity index (χ0v) is 19.2. The maximum Gasteiger partial charge on any atom is 0.331 e. The van der Waals surface area contributed by atoms with Crippen LogP contribution in [0.3, 0.4) is 0 Å². The van der Waals surface area contributed by atoms with Crippen molar-refractivity contribution in [3.8, 4) is 17.3 Å². The Morgan fingerprint density at radius 1 is 1.33 bits per heavy atom. The average Bonchev–Trinajstić information content (AvgIpc) is 3.42. The zero-order valence-electron chi connectivity index (χ0n) is 17.6. The van der Waals surface area contributed by atoms with E-state index in [4.69, 9.17) is 16.3 Å². The van der Waals surface area contributed by atoms with E-state index in [0.717, 1.165) is 4.57 Å². The Bertz CT molecular complexity index is 1570. The second kappa shape index (κ2) is 7.97. The highest BCUT2D eigenvalue weighted by Crippen LogP contribution is 2.43. The number of aliphatic hydroxyl groups excluding tert-OH is 1. The molecule has 1 aliphatic heterocycles. The summed E-state index contributed by atoms with van der Waals surface area (Å²) in [5, 5.41) is 22.2. The molecule has 0 saturated carbocycles. The van der Waals surface area contributed by atoms with Gasteiger partial charge >= 0.3 is 5.69 Å². The van der Waals surface area contributed by atoms with Gasteiger partial charge in [-0.2, -0.15) is 5.26 Å². The number of fused-ring (bicyclic) bond motifs is 3. The van der Waals surface area contributed by atoms with Gasteiger partial charge in [0.1, 0.15) is 10.2 Å². The monoisotopic (exact) mass is 483 g/mol. The lowest BCUT2D eigenvalue weighted by Gasteiger charge is -2.31. The van der Waals surface area contributed by atoms with Crippen LogP contribution in [-0.4, -0.2) is 36.5 Å². The quantitative estimate of drug-likeness (QED) is 0.477. The Kier molecular flexibility index (Phi) is 5.22. The summed E-state index contributed by atoms with van der Waals surface area (Å²) in [5.41, 5.74) is 1.72. The molecule has 0 radical (unpaired) electrons. The summed E-state index contributed by atoms with van der Waals surface area (Å²) >= 11 is 7.37. The van der Waals surface area contributed by atoms with Gasteiger partial charge in [-0.25, -0.2) is 9.78 Å². The van der Waals surface area contributed by atoms with Crippen molar-refractivity contribution in [3.63, 3.8) is 0 Å². The van der Waals surface area contributed by atoms with Crippen LogP contribution in [0.5, 0.6) is 0 Å². The van der Waals surface area contributed by atoms with E-state index in [1.54, 1.807) is 30.6 Å². The molecule has 2 unspecified atom stereocenters. The number of halogens is 1. The summed E-state index contributed by atoms with van der Waals surface area (Å²) in [7, 11) is 3.03. The van der Waals surface area contributed by atoms with Crippen LogP contribution in [0, 0.1) is 11.3 Å². The number of hydrogen-bond donors (Lipinski definition) is 1. The largest absolute Gasteiger partial charge is 0.394 e. The molecule has 33 heavy (non-hydrogen) atoms. The van der Waals surface area contributed by atoms with Gasteiger partial charge in [-0.15, -0.1) is 11.3 Å². The number of hydrogen-bond acceptors (Lipinski definition) is 7. The molecule has 168 valence electrons. The van der Waals surface area contributed by atoms with Crippen LogP contribution in [0.1, 0.15) is 22.4 Å². The first-order chi connectivity index (χ1) is 15.8. The van der Waals surface area contributed by atoms with E-state index in [1.807, 2.05) is 10.6 Å². The third-order valence-electron chi connectivity index (χ3n) is 5.85. The number of benzene rings is 1. The molecule has 0 bridgehead atoms. The molecule has 0 fully saturated rings. The van der Waals surface area contributed by atoms with Gasteiger partial charge in [0.15, 0.2) is 6.10 Å². The van der Waals surface area contributed by atoms with E-state index in [0.29, 0.717) is 43.6 Å². The number of thiazole rings is 1. The number of nitrogens with zero attached hydrogens (tertiary/aromatic N) is 5. The molecule has 0 spiro atoms. The highest BCUT2D eigenvalue weighted by atomic mass is 35.5. The number of aliphatic hydroxyl groups is 1. The van der Waals surface area contributed by atoms with E-state index in [-0.39, 0.29) is 13.2 Å². The molecular weight excluding hydrogens is 466 g/mol. The highest BCUT2D eigenvalue weighted by molar-refractivity contribution is 7.10. The number of aryl methyl sites for hydroxylation is 1. The van der Waals surface area contributed by atoms with Gasteiger partial charge in [-0.1, -0.05) is 23.7 Å². The Morgan fingerprint density at radius 3 is 2.79 bits per heavy atom. The summed E-state index contributed by atoms with van der Waals surface area (Å²) in [4.78, 5) is 30.6. The first kappa shape index (κ1) is 21.6. The van der Waals surface area contributed by atoms with E-state index < -0.39 is 23.5 Å². The SMILES string of the molecule is Cn1c(=O)c2c(-c3cccc(C#N)c3)n3c(c2n(C)c1=O)C(c1nc(Cl)cs1)OC(CO)C3. The third-order valence-corrected chi connectivity index (χ3v) is 7.07. The molecule has 4 heterocycles. The van der Waals surface area contributed by atoms with Crippen LogP contribution in [0.25, 0.3) is 22.2 Å². The fraction of sp³-hybridized carbons (Fsp3) is 0.273. The van der Waals surface area contributed by atoms with Gasteiger partial charge in [-0.3, -0.25) is 13.9 Å². The predicted octanol–water partition coefficient (Wildman–Crippen LogP) is 2.17. The van der Waals surface area contributed by atoms with Gasteiger partial charge in [-0.05, 0) is 12.1 Å². The van der Waals surface area contributed by atoms with Crippen molar-refractivity contribution < 1.29 is 9.84 Å². The van der Waals surface area contributed by atoms with Crippen molar-refractivity contribution in [1.29, 1.82) is 5.26 Å². The molecule has 3 aromatic heterocycles. The average molecular weight is 484 g/mol. The zero-order chi connectivity index (χ0) is 23.4. The molecular formula is C22H18ClN5O4S.